The van der Waals surface area contributed by atoms with Gasteiger partial charge in [-0.15, -0.1) is 0 Å². The van der Waals surface area contributed by atoms with Crippen LogP contribution in [0.1, 0.15) is 30.5 Å². The summed E-state index contributed by atoms with van der Waals surface area (Å²) < 4.78 is 65.2. The van der Waals surface area contributed by atoms with Gasteiger partial charge >= 0.3 is 6.09 Å². The molecule has 0 saturated carbocycles. The number of carboxylic acid groups (broad SMARTS) is 1. The Kier molecular flexibility index (Phi) is 8.12. The van der Waals surface area contributed by atoms with E-state index in [1.54, 1.807) is 30.3 Å². The van der Waals surface area contributed by atoms with Gasteiger partial charge in [-0.3, -0.25) is 0 Å². The summed E-state index contributed by atoms with van der Waals surface area (Å²) in [6.07, 6.45) is 3.99. The summed E-state index contributed by atoms with van der Waals surface area (Å²) in [6.45, 7) is 3.93. The third-order valence-corrected chi connectivity index (χ3v) is 10.0. The van der Waals surface area contributed by atoms with E-state index in [0.717, 1.165) is 28.4 Å². The second kappa shape index (κ2) is 12.0. The molecule has 0 bridgehead atoms. The molecule has 0 spiro atoms. The number of nitrogens with zero attached hydrogens (tertiary/aromatic N) is 3. The van der Waals surface area contributed by atoms with Crippen molar-refractivity contribution in [3.63, 3.8) is 0 Å². The number of rotatable bonds is 7. The van der Waals surface area contributed by atoms with Gasteiger partial charge in [0.25, 0.3) is 10.0 Å². The first kappa shape index (κ1) is 29.8. The van der Waals surface area contributed by atoms with Gasteiger partial charge in [0, 0.05) is 56.1 Å². The minimum Gasteiger partial charge on any atom is -0.465 e. The standard InChI is InChI=1S/C32H32F2N4O5S/c1-20-2-4-23(5-3-20)44(41,42)38-30(22-7-12-37(13-8-22)32(39)40)17-26-24(6-11-35-31(26)38)25-16-29(28(34)18-27(25)33)36-19-21-9-14-43-15-10-21/h2-7,11,16-18,21,36H,8-10,12-15,19H2,1H3,(H,39,40). The van der Waals surface area contributed by atoms with Crippen LogP contribution in [0.25, 0.3) is 27.7 Å². The Hall–Kier alpha value is -4.29. The van der Waals surface area contributed by atoms with Crippen molar-refractivity contribution in [3.8, 4) is 11.1 Å². The van der Waals surface area contributed by atoms with Crippen LogP contribution in [0, 0.1) is 24.5 Å². The summed E-state index contributed by atoms with van der Waals surface area (Å²) in [7, 11) is -4.19. The zero-order chi connectivity index (χ0) is 31.0. The van der Waals surface area contributed by atoms with Crippen LogP contribution in [0.4, 0.5) is 19.3 Å². The van der Waals surface area contributed by atoms with E-state index in [-0.39, 0.29) is 41.3 Å². The highest BCUT2D eigenvalue weighted by molar-refractivity contribution is 7.90. The zero-order valence-electron chi connectivity index (χ0n) is 24.1. The first-order chi connectivity index (χ1) is 21.1. The van der Waals surface area contributed by atoms with Gasteiger partial charge in [0.2, 0.25) is 0 Å². The van der Waals surface area contributed by atoms with E-state index in [4.69, 9.17) is 4.74 Å². The highest BCUT2D eigenvalue weighted by atomic mass is 32.2. The van der Waals surface area contributed by atoms with Crippen molar-refractivity contribution in [2.45, 2.75) is 31.1 Å². The lowest BCUT2D eigenvalue weighted by Crippen LogP contribution is -2.33. The molecule has 1 fully saturated rings. The van der Waals surface area contributed by atoms with Crippen molar-refractivity contribution >= 4 is 38.4 Å². The predicted molar refractivity (Wildman–Crippen MR) is 163 cm³/mol. The van der Waals surface area contributed by atoms with Crippen LogP contribution < -0.4 is 5.32 Å². The van der Waals surface area contributed by atoms with Crippen LogP contribution in [-0.2, 0) is 14.8 Å². The molecule has 2 aromatic heterocycles. The fourth-order valence-electron chi connectivity index (χ4n) is 5.76. The number of halogens is 2. The van der Waals surface area contributed by atoms with Crippen molar-refractivity contribution in [2.24, 2.45) is 5.92 Å². The molecule has 0 aliphatic carbocycles. The van der Waals surface area contributed by atoms with E-state index in [1.165, 1.54) is 29.3 Å². The van der Waals surface area contributed by atoms with Crippen LogP contribution >= 0.6 is 0 Å². The fraction of sp³-hybridized carbons (Fsp3) is 0.312. The Balaban J connectivity index is 1.49. The van der Waals surface area contributed by atoms with E-state index in [1.807, 2.05) is 6.92 Å². The third-order valence-electron chi connectivity index (χ3n) is 8.30. The van der Waals surface area contributed by atoms with Gasteiger partial charge in [-0.05, 0) is 73.6 Å². The summed E-state index contributed by atoms with van der Waals surface area (Å²) in [5, 5.41) is 12.9. The van der Waals surface area contributed by atoms with E-state index in [2.05, 4.69) is 10.3 Å². The molecule has 9 nitrogen and oxygen atoms in total. The van der Waals surface area contributed by atoms with Crippen molar-refractivity contribution in [3.05, 3.63) is 83.7 Å². The third kappa shape index (κ3) is 5.67. The van der Waals surface area contributed by atoms with Crippen LogP contribution in [0.2, 0.25) is 0 Å². The number of carbonyl (C=O) groups is 1. The normalized spacial score (nSPS) is 16.2. The number of hydrogen-bond donors (Lipinski definition) is 2. The Labute approximate surface area is 253 Å². The molecular formula is C32H32F2N4O5S. The number of aromatic nitrogens is 2. The van der Waals surface area contributed by atoms with Crippen molar-refractivity contribution in [2.75, 3.05) is 38.2 Å². The average molecular weight is 623 g/mol. The van der Waals surface area contributed by atoms with Crippen molar-refractivity contribution in [1.82, 2.24) is 13.9 Å². The molecule has 4 aromatic rings. The smallest absolute Gasteiger partial charge is 0.407 e. The number of pyridine rings is 1. The van der Waals surface area contributed by atoms with Crippen LogP contribution in [-0.4, -0.2) is 66.3 Å². The van der Waals surface area contributed by atoms with Crippen LogP contribution in [0.5, 0.6) is 0 Å². The summed E-state index contributed by atoms with van der Waals surface area (Å²) in [6, 6.07) is 11.9. The summed E-state index contributed by atoms with van der Waals surface area (Å²) >= 11 is 0. The Morgan fingerprint density at radius 3 is 2.50 bits per heavy atom. The second-order valence-corrected chi connectivity index (χ2v) is 13.0. The SMILES string of the molecule is Cc1ccc(S(=O)(=O)n2c(C3=CCN(C(=O)O)CC3)cc3c(-c4cc(NCC5CCOCC5)c(F)cc4F)ccnc32)cc1. The molecular weight excluding hydrogens is 590 g/mol. The highest BCUT2D eigenvalue weighted by Crippen LogP contribution is 2.38. The maximum absolute atomic E-state index is 15.5. The van der Waals surface area contributed by atoms with Crippen molar-refractivity contribution in [1.29, 1.82) is 0 Å². The molecule has 0 unspecified atom stereocenters. The maximum Gasteiger partial charge on any atom is 0.407 e. The Bertz CT molecular complexity index is 1870. The van der Waals surface area contributed by atoms with Gasteiger partial charge in [-0.1, -0.05) is 23.8 Å². The van der Waals surface area contributed by atoms with Gasteiger partial charge in [-0.2, -0.15) is 0 Å². The van der Waals surface area contributed by atoms with E-state index in [0.29, 0.717) is 47.9 Å². The van der Waals surface area contributed by atoms with Gasteiger partial charge < -0.3 is 20.1 Å². The molecule has 2 aromatic carbocycles. The molecule has 230 valence electrons. The molecule has 0 atom stereocenters. The first-order valence-electron chi connectivity index (χ1n) is 14.4. The lowest BCUT2D eigenvalue weighted by molar-refractivity contribution is 0.0699. The largest absolute Gasteiger partial charge is 0.465 e. The Morgan fingerprint density at radius 1 is 1.07 bits per heavy atom. The quantitative estimate of drug-likeness (QED) is 0.255. The van der Waals surface area contributed by atoms with Gasteiger partial charge in [-0.25, -0.2) is 30.9 Å². The number of anilines is 1. The number of hydrogen-bond acceptors (Lipinski definition) is 6. The number of nitrogens with one attached hydrogen (secondary N) is 1. The average Bonchev–Trinajstić information content (AvgIpc) is 3.42. The topological polar surface area (TPSA) is 114 Å². The summed E-state index contributed by atoms with van der Waals surface area (Å²) in [4.78, 5) is 17.2. The minimum atomic E-state index is -4.19. The number of amides is 1. The van der Waals surface area contributed by atoms with Crippen LogP contribution in [0.15, 0.2) is 65.7 Å². The number of benzene rings is 2. The molecule has 2 aliphatic rings. The number of aryl methyl sites for hydroxylation is 1. The summed E-state index contributed by atoms with van der Waals surface area (Å²) in [5.74, 6) is -1.22. The van der Waals surface area contributed by atoms with E-state index < -0.39 is 27.8 Å². The summed E-state index contributed by atoms with van der Waals surface area (Å²) in [5.41, 5.74) is 2.50. The fourth-order valence-corrected chi connectivity index (χ4v) is 7.26. The molecule has 4 heterocycles. The zero-order valence-corrected chi connectivity index (χ0v) is 24.9. The van der Waals surface area contributed by atoms with E-state index >= 15 is 4.39 Å². The molecule has 0 radical (unpaired) electrons. The molecule has 2 aliphatic heterocycles. The van der Waals surface area contributed by atoms with E-state index in [9.17, 15) is 22.7 Å². The lowest BCUT2D eigenvalue weighted by atomic mass is 9.99. The monoisotopic (exact) mass is 622 g/mol. The lowest BCUT2D eigenvalue weighted by Gasteiger charge is -2.24. The van der Waals surface area contributed by atoms with Gasteiger partial charge in [0.1, 0.15) is 11.6 Å². The van der Waals surface area contributed by atoms with Crippen molar-refractivity contribution < 1.29 is 31.8 Å². The molecule has 44 heavy (non-hydrogen) atoms. The number of fused-ring (bicyclic) bond motifs is 1. The molecule has 6 rings (SSSR count). The highest BCUT2D eigenvalue weighted by Gasteiger charge is 2.29. The molecule has 1 amide bonds. The first-order valence-corrected chi connectivity index (χ1v) is 15.9. The predicted octanol–water partition coefficient (Wildman–Crippen LogP) is 6.13. The molecule has 12 heteroatoms. The van der Waals surface area contributed by atoms with Gasteiger partial charge in [0.05, 0.1) is 16.3 Å². The van der Waals surface area contributed by atoms with Crippen LogP contribution in [0.3, 0.4) is 0 Å². The molecule has 1 saturated heterocycles. The maximum atomic E-state index is 15.5. The minimum absolute atomic E-state index is 0.0465. The second-order valence-electron chi connectivity index (χ2n) is 11.2. The molecule has 2 N–H and O–H groups in total. The number of ether oxygens (including phenoxy) is 1. The van der Waals surface area contributed by atoms with Gasteiger partial charge in [0.15, 0.2) is 5.65 Å². The Morgan fingerprint density at radius 2 is 1.82 bits per heavy atom.